The zero-order chi connectivity index (χ0) is 30.8. The van der Waals surface area contributed by atoms with Crippen LogP contribution in [0.2, 0.25) is 0 Å². The summed E-state index contributed by atoms with van der Waals surface area (Å²) >= 11 is 2.72. The Kier molecular flexibility index (Phi) is 8.58. The average molecular weight is 630 g/mol. The number of anilines is 1. The highest BCUT2D eigenvalue weighted by molar-refractivity contribution is 8.00. The van der Waals surface area contributed by atoms with Crippen LogP contribution in [0, 0.1) is 0 Å². The number of carbonyl (C=O) groups excluding carboxylic acids is 2. The first kappa shape index (κ1) is 29.7. The van der Waals surface area contributed by atoms with Crippen LogP contribution >= 0.6 is 23.1 Å². The van der Waals surface area contributed by atoms with Gasteiger partial charge in [-0.25, -0.2) is 0 Å². The molecule has 6 rings (SSSR count). The van der Waals surface area contributed by atoms with Crippen molar-refractivity contribution in [2.45, 2.75) is 49.4 Å². The minimum Gasteiger partial charge on any atom is -0.507 e. The minimum atomic E-state index is -0.978. The fraction of sp³-hybridized carbons (Fsp3) is 0.273. The zero-order valence-electron chi connectivity index (χ0n) is 24.5. The number of aliphatic hydroxyl groups excluding tert-OH is 1. The summed E-state index contributed by atoms with van der Waals surface area (Å²) in [6.45, 7) is 6.54. The molecule has 1 aromatic heterocycles. The maximum absolute atomic E-state index is 13.7. The van der Waals surface area contributed by atoms with E-state index in [0.717, 1.165) is 16.9 Å². The Labute approximate surface area is 263 Å². The number of nitrogens with zero attached hydrogens (tertiary/aromatic N) is 3. The monoisotopic (exact) mass is 629 g/mol. The van der Waals surface area contributed by atoms with Crippen LogP contribution in [0.3, 0.4) is 0 Å². The fourth-order valence-corrected chi connectivity index (χ4v) is 7.21. The number of aliphatic hydroxyl groups is 1. The molecule has 2 atom stereocenters. The van der Waals surface area contributed by atoms with Crippen LogP contribution < -0.4 is 19.1 Å². The van der Waals surface area contributed by atoms with Crippen molar-refractivity contribution >= 4 is 45.7 Å². The van der Waals surface area contributed by atoms with Gasteiger partial charge in [-0.15, -0.1) is 10.2 Å². The van der Waals surface area contributed by atoms with Crippen molar-refractivity contribution in [2.75, 3.05) is 18.1 Å². The number of carbonyl (C=O) groups is 2. The number of ketones is 1. The van der Waals surface area contributed by atoms with E-state index < -0.39 is 17.7 Å². The van der Waals surface area contributed by atoms with Crippen LogP contribution in [-0.2, 0) is 21.8 Å². The summed E-state index contributed by atoms with van der Waals surface area (Å²) in [6, 6.07) is 19.5. The molecule has 0 bridgehead atoms. The third-order valence-corrected chi connectivity index (χ3v) is 9.43. The molecule has 0 aliphatic carbocycles. The van der Waals surface area contributed by atoms with E-state index in [-0.39, 0.29) is 22.6 Å². The first-order valence-corrected chi connectivity index (χ1v) is 16.2. The number of Topliss-reactive ketones (excluding diaryl/α,β-unsaturated/α-hetero) is 1. The van der Waals surface area contributed by atoms with E-state index in [4.69, 9.17) is 14.2 Å². The molecule has 2 aliphatic heterocycles. The van der Waals surface area contributed by atoms with E-state index in [0.29, 0.717) is 52.4 Å². The molecule has 3 heterocycles. The Bertz CT molecular complexity index is 1740. The van der Waals surface area contributed by atoms with Gasteiger partial charge in [0.25, 0.3) is 5.78 Å². The first-order chi connectivity index (χ1) is 21.4. The number of benzene rings is 3. The Balaban J connectivity index is 1.43. The molecule has 44 heavy (non-hydrogen) atoms. The predicted molar refractivity (Wildman–Crippen MR) is 170 cm³/mol. The van der Waals surface area contributed by atoms with E-state index in [1.807, 2.05) is 57.2 Å². The summed E-state index contributed by atoms with van der Waals surface area (Å²) in [6.07, 6.45) is 0.694. The van der Waals surface area contributed by atoms with Crippen LogP contribution in [0.1, 0.15) is 49.1 Å². The van der Waals surface area contributed by atoms with Crippen molar-refractivity contribution in [3.05, 3.63) is 94.6 Å². The van der Waals surface area contributed by atoms with Crippen LogP contribution in [-0.4, -0.2) is 46.3 Å². The smallest absolute Gasteiger partial charge is 0.301 e. The molecule has 1 N–H and O–H groups in total. The Hall–Kier alpha value is -4.35. The topological polar surface area (TPSA) is 111 Å². The highest BCUT2D eigenvalue weighted by Gasteiger charge is 2.48. The highest BCUT2D eigenvalue weighted by atomic mass is 32.2. The van der Waals surface area contributed by atoms with Crippen LogP contribution in [0.25, 0.3) is 5.76 Å². The minimum absolute atomic E-state index is 0.0141. The quantitative estimate of drug-likeness (QED) is 0.0684. The molecule has 3 aromatic carbocycles. The van der Waals surface area contributed by atoms with Gasteiger partial charge in [-0.2, -0.15) is 0 Å². The lowest BCUT2D eigenvalue weighted by Gasteiger charge is -2.23. The lowest BCUT2D eigenvalue weighted by Crippen LogP contribution is -2.29. The van der Waals surface area contributed by atoms with Crippen LogP contribution in [0.15, 0.2) is 76.6 Å². The summed E-state index contributed by atoms with van der Waals surface area (Å²) < 4.78 is 18.1. The van der Waals surface area contributed by atoms with E-state index in [9.17, 15) is 14.7 Å². The predicted octanol–water partition coefficient (Wildman–Crippen LogP) is 6.58. The lowest BCUT2D eigenvalue weighted by molar-refractivity contribution is -0.132. The molecule has 9 nitrogen and oxygen atoms in total. The Morgan fingerprint density at radius 1 is 1.02 bits per heavy atom. The number of amides is 1. The van der Waals surface area contributed by atoms with Gasteiger partial charge in [-0.3, -0.25) is 14.5 Å². The largest absolute Gasteiger partial charge is 0.507 e. The molecule has 1 fully saturated rings. The second-order valence-corrected chi connectivity index (χ2v) is 12.5. The standard InChI is InChI=1S/C33H31N3O6S2/c1-4-40-25-14-11-21(17-26(25)41-5-2)28-27(29(37)22-12-13-24-23(16-22)15-19(3)42-24)30(38)31(39)36(28)32-34-35-33(44-32)43-18-20-9-7-6-8-10-20/h6-14,16-17,19,28,37H,4-5,15,18H2,1-3H3/t19-,28-/m0/s1. The number of hydrogen-bond acceptors (Lipinski definition) is 10. The highest BCUT2D eigenvalue weighted by Crippen LogP contribution is 2.46. The lowest BCUT2D eigenvalue weighted by atomic mass is 9.94. The van der Waals surface area contributed by atoms with Gasteiger partial charge in [-0.05, 0) is 67.8 Å². The first-order valence-electron chi connectivity index (χ1n) is 14.4. The van der Waals surface area contributed by atoms with Crippen molar-refractivity contribution in [3.8, 4) is 17.2 Å². The van der Waals surface area contributed by atoms with Crippen molar-refractivity contribution in [1.29, 1.82) is 0 Å². The van der Waals surface area contributed by atoms with Gasteiger partial charge in [0.05, 0.1) is 24.8 Å². The van der Waals surface area contributed by atoms with Gasteiger partial charge in [0.2, 0.25) is 5.13 Å². The molecule has 11 heteroatoms. The van der Waals surface area contributed by atoms with Crippen molar-refractivity contribution in [2.24, 2.45) is 0 Å². The number of thioether (sulfide) groups is 1. The van der Waals surface area contributed by atoms with Gasteiger partial charge < -0.3 is 19.3 Å². The van der Waals surface area contributed by atoms with E-state index >= 15 is 0 Å². The summed E-state index contributed by atoms with van der Waals surface area (Å²) in [5.74, 6) is 0.558. The molecular formula is C33H31N3O6S2. The van der Waals surface area contributed by atoms with Gasteiger partial charge in [-0.1, -0.05) is 59.5 Å². The summed E-state index contributed by atoms with van der Waals surface area (Å²) in [7, 11) is 0. The molecule has 0 radical (unpaired) electrons. The van der Waals surface area contributed by atoms with Gasteiger partial charge in [0.15, 0.2) is 15.8 Å². The van der Waals surface area contributed by atoms with E-state index in [1.165, 1.54) is 28.0 Å². The molecule has 0 saturated carbocycles. The average Bonchev–Trinajstić information content (AvgIpc) is 3.72. The van der Waals surface area contributed by atoms with Crippen LogP contribution in [0.4, 0.5) is 5.13 Å². The SMILES string of the molecule is CCOc1ccc([C@H]2C(=C(O)c3ccc4c(c3)C[C@H](C)O4)C(=O)C(=O)N2c2nnc(SCc3ccccc3)s2)cc1OCC. The maximum Gasteiger partial charge on any atom is 0.301 e. The molecule has 226 valence electrons. The molecule has 1 saturated heterocycles. The molecule has 1 amide bonds. The molecule has 4 aromatic rings. The molecule has 0 unspecified atom stereocenters. The third-order valence-electron chi connectivity index (χ3n) is 7.30. The normalized spacial score (nSPS) is 18.8. The summed E-state index contributed by atoms with van der Waals surface area (Å²) in [4.78, 5) is 28.8. The fourth-order valence-electron chi connectivity index (χ4n) is 5.39. The molecule has 0 spiro atoms. The van der Waals surface area contributed by atoms with Gasteiger partial charge in [0, 0.05) is 17.7 Å². The number of aromatic nitrogens is 2. The Morgan fingerprint density at radius 2 is 1.80 bits per heavy atom. The zero-order valence-corrected chi connectivity index (χ0v) is 26.1. The van der Waals surface area contributed by atoms with Crippen molar-refractivity contribution in [1.82, 2.24) is 10.2 Å². The molecular weight excluding hydrogens is 599 g/mol. The number of fused-ring (bicyclic) bond motifs is 1. The summed E-state index contributed by atoms with van der Waals surface area (Å²) in [5, 5.41) is 20.6. The number of hydrogen-bond donors (Lipinski definition) is 1. The van der Waals surface area contributed by atoms with Crippen molar-refractivity contribution < 1.29 is 28.9 Å². The van der Waals surface area contributed by atoms with E-state index in [2.05, 4.69) is 10.2 Å². The van der Waals surface area contributed by atoms with E-state index in [1.54, 1.807) is 30.3 Å². The van der Waals surface area contributed by atoms with Gasteiger partial charge in [0.1, 0.15) is 17.6 Å². The second kappa shape index (κ2) is 12.7. The van der Waals surface area contributed by atoms with Gasteiger partial charge >= 0.3 is 5.91 Å². The second-order valence-electron chi connectivity index (χ2n) is 10.3. The Morgan fingerprint density at radius 3 is 2.57 bits per heavy atom. The molecule has 2 aliphatic rings. The maximum atomic E-state index is 13.7. The third kappa shape index (κ3) is 5.77. The van der Waals surface area contributed by atoms with Crippen molar-refractivity contribution in [3.63, 3.8) is 0 Å². The summed E-state index contributed by atoms with van der Waals surface area (Å²) in [5.41, 5.74) is 3.00. The number of ether oxygens (including phenoxy) is 3. The number of rotatable bonds is 10. The van der Waals surface area contributed by atoms with Crippen LogP contribution in [0.5, 0.6) is 17.2 Å².